The molecule has 120 valence electrons. The molecule has 0 radical (unpaired) electrons. The van der Waals surface area contributed by atoms with Crippen molar-refractivity contribution in [2.45, 2.75) is 52.7 Å². The average molecular weight is 301 g/mol. The summed E-state index contributed by atoms with van der Waals surface area (Å²) in [6.07, 6.45) is 0.230. The Kier molecular flexibility index (Phi) is 7.12. The predicted octanol–water partition coefficient (Wildman–Crippen LogP) is 3.42. The topological polar surface area (TPSA) is 75.6 Å². The number of ether oxygens (including phenoxy) is 1. The summed E-state index contributed by atoms with van der Waals surface area (Å²) in [5.74, 6) is -2.05. The van der Waals surface area contributed by atoms with Crippen LogP contribution >= 0.6 is 0 Å². The standard InChI is InChI=1S/C15H24FNO4/c1-9(7-10(2)16)11(3)12(8-13(18)19)17-14(20)21-15(4,5)6/h7,11-12H,2,8H2,1,3-6H3,(H,17,20)(H,18,19). The Morgan fingerprint density at radius 1 is 1.43 bits per heavy atom. The maximum Gasteiger partial charge on any atom is 0.407 e. The molecule has 5 nitrogen and oxygen atoms in total. The molecule has 2 atom stereocenters. The molecule has 0 saturated heterocycles. The van der Waals surface area contributed by atoms with E-state index in [-0.39, 0.29) is 12.3 Å². The lowest BCUT2D eigenvalue weighted by Crippen LogP contribution is -2.43. The highest BCUT2D eigenvalue weighted by Gasteiger charge is 2.26. The minimum atomic E-state index is -1.06. The molecule has 0 saturated carbocycles. The molecule has 0 bridgehead atoms. The lowest BCUT2D eigenvalue weighted by atomic mass is 9.91. The SMILES string of the molecule is C=C(F)C=C(C)C(C)C(CC(=O)O)NC(=O)OC(C)(C)C. The van der Waals surface area contributed by atoms with E-state index in [1.54, 1.807) is 34.6 Å². The monoisotopic (exact) mass is 301 g/mol. The summed E-state index contributed by atoms with van der Waals surface area (Å²) in [7, 11) is 0. The van der Waals surface area contributed by atoms with Crippen LogP contribution in [0.25, 0.3) is 0 Å². The molecule has 0 spiro atoms. The first-order valence-corrected chi connectivity index (χ1v) is 6.66. The molecule has 0 aliphatic heterocycles. The van der Waals surface area contributed by atoms with Gasteiger partial charge in [-0.1, -0.05) is 19.1 Å². The number of carboxylic acid groups (broad SMARTS) is 1. The number of aliphatic carboxylic acids is 1. The van der Waals surface area contributed by atoms with Gasteiger partial charge in [0.25, 0.3) is 0 Å². The van der Waals surface area contributed by atoms with Gasteiger partial charge in [0.15, 0.2) is 0 Å². The maximum absolute atomic E-state index is 12.8. The zero-order valence-corrected chi connectivity index (χ0v) is 13.2. The van der Waals surface area contributed by atoms with Gasteiger partial charge in [-0.3, -0.25) is 4.79 Å². The largest absolute Gasteiger partial charge is 0.481 e. The van der Waals surface area contributed by atoms with Crippen LogP contribution in [-0.2, 0) is 9.53 Å². The van der Waals surface area contributed by atoms with Gasteiger partial charge in [-0.05, 0) is 39.7 Å². The van der Waals surface area contributed by atoms with Crippen molar-refractivity contribution in [3.63, 3.8) is 0 Å². The molecule has 1 amide bonds. The molecule has 2 N–H and O–H groups in total. The second-order valence-electron chi connectivity index (χ2n) is 5.97. The zero-order valence-electron chi connectivity index (χ0n) is 13.2. The van der Waals surface area contributed by atoms with E-state index in [1.807, 2.05) is 0 Å². The van der Waals surface area contributed by atoms with Crippen molar-refractivity contribution in [3.8, 4) is 0 Å². The lowest BCUT2D eigenvalue weighted by Gasteiger charge is -2.27. The number of alkyl carbamates (subject to hydrolysis) is 1. The zero-order chi connectivity index (χ0) is 16.8. The van der Waals surface area contributed by atoms with Crippen molar-refractivity contribution in [2.75, 3.05) is 0 Å². The fraction of sp³-hybridized carbons (Fsp3) is 0.600. The van der Waals surface area contributed by atoms with Gasteiger partial charge in [0, 0.05) is 6.04 Å². The Morgan fingerprint density at radius 3 is 2.33 bits per heavy atom. The summed E-state index contributed by atoms with van der Waals surface area (Å²) in [4.78, 5) is 22.7. The second kappa shape index (κ2) is 7.81. The van der Waals surface area contributed by atoms with E-state index in [1.165, 1.54) is 6.08 Å². The van der Waals surface area contributed by atoms with Gasteiger partial charge >= 0.3 is 12.1 Å². The Bertz CT molecular complexity index is 437. The third kappa shape index (κ3) is 8.83. The molecule has 0 aromatic heterocycles. The highest BCUT2D eigenvalue weighted by molar-refractivity contribution is 5.71. The first kappa shape index (κ1) is 19.1. The van der Waals surface area contributed by atoms with Crippen LogP contribution in [0.4, 0.5) is 9.18 Å². The molecule has 6 heteroatoms. The number of rotatable bonds is 6. The van der Waals surface area contributed by atoms with Crippen LogP contribution in [0.2, 0.25) is 0 Å². The van der Waals surface area contributed by atoms with Gasteiger partial charge < -0.3 is 15.2 Å². The van der Waals surface area contributed by atoms with Gasteiger partial charge in [0.1, 0.15) is 11.4 Å². The number of carbonyl (C=O) groups is 2. The van der Waals surface area contributed by atoms with E-state index >= 15 is 0 Å². The van der Waals surface area contributed by atoms with Crippen molar-refractivity contribution in [1.82, 2.24) is 5.32 Å². The Balaban J connectivity index is 4.99. The van der Waals surface area contributed by atoms with E-state index < -0.39 is 29.5 Å². The van der Waals surface area contributed by atoms with Gasteiger partial charge in [-0.15, -0.1) is 0 Å². The number of hydrogen-bond acceptors (Lipinski definition) is 3. The summed E-state index contributed by atoms with van der Waals surface area (Å²) in [6.45, 7) is 11.6. The third-order valence-corrected chi connectivity index (χ3v) is 2.80. The number of hydrogen-bond donors (Lipinski definition) is 2. The molecule has 0 fully saturated rings. The molecule has 0 aliphatic carbocycles. The normalized spacial score (nSPS) is 15.0. The Morgan fingerprint density at radius 2 is 1.95 bits per heavy atom. The van der Waals surface area contributed by atoms with Crippen LogP contribution in [0.15, 0.2) is 24.1 Å². The van der Waals surface area contributed by atoms with Crippen LogP contribution < -0.4 is 5.32 Å². The number of carbonyl (C=O) groups excluding carboxylic acids is 1. The van der Waals surface area contributed by atoms with E-state index in [4.69, 9.17) is 9.84 Å². The van der Waals surface area contributed by atoms with E-state index in [2.05, 4.69) is 11.9 Å². The fourth-order valence-electron chi connectivity index (χ4n) is 1.70. The van der Waals surface area contributed by atoms with Gasteiger partial charge in [-0.2, -0.15) is 0 Å². The summed E-state index contributed by atoms with van der Waals surface area (Å²) < 4.78 is 17.9. The van der Waals surface area contributed by atoms with Gasteiger partial charge in [0.2, 0.25) is 0 Å². The average Bonchev–Trinajstić information content (AvgIpc) is 2.22. The third-order valence-electron chi connectivity index (χ3n) is 2.80. The quantitative estimate of drug-likeness (QED) is 0.737. The summed E-state index contributed by atoms with van der Waals surface area (Å²) in [5, 5.41) is 11.5. The van der Waals surface area contributed by atoms with Crippen molar-refractivity contribution in [1.29, 1.82) is 0 Å². The molecule has 0 rings (SSSR count). The van der Waals surface area contributed by atoms with Crippen LogP contribution in [-0.4, -0.2) is 28.8 Å². The molecular formula is C15H24FNO4. The number of allylic oxidation sites excluding steroid dienone is 2. The van der Waals surface area contributed by atoms with Crippen LogP contribution in [0.3, 0.4) is 0 Å². The lowest BCUT2D eigenvalue weighted by molar-refractivity contribution is -0.137. The van der Waals surface area contributed by atoms with Crippen LogP contribution in [0, 0.1) is 5.92 Å². The van der Waals surface area contributed by atoms with E-state index in [0.717, 1.165) is 0 Å². The van der Waals surface area contributed by atoms with E-state index in [9.17, 15) is 14.0 Å². The summed E-state index contributed by atoms with van der Waals surface area (Å²) >= 11 is 0. The van der Waals surface area contributed by atoms with Gasteiger partial charge in [0.05, 0.1) is 6.42 Å². The molecule has 21 heavy (non-hydrogen) atoms. The smallest absolute Gasteiger partial charge is 0.407 e. The highest BCUT2D eigenvalue weighted by Crippen LogP contribution is 2.19. The van der Waals surface area contributed by atoms with Crippen LogP contribution in [0.1, 0.15) is 41.0 Å². The van der Waals surface area contributed by atoms with E-state index in [0.29, 0.717) is 5.57 Å². The van der Waals surface area contributed by atoms with Gasteiger partial charge in [-0.25, -0.2) is 9.18 Å². The maximum atomic E-state index is 12.8. The predicted molar refractivity (Wildman–Crippen MR) is 78.6 cm³/mol. The van der Waals surface area contributed by atoms with Crippen LogP contribution in [0.5, 0.6) is 0 Å². The molecule has 0 aromatic rings. The number of nitrogens with one attached hydrogen (secondary N) is 1. The first-order chi connectivity index (χ1) is 9.42. The summed E-state index contributed by atoms with van der Waals surface area (Å²) in [6, 6.07) is -0.701. The first-order valence-electron chi connectivity index (χ1n) is 6.66. The highest BCUT2D eigenvalue weighted by atomic mass is 19.1. The minimum absolute atomic E-state index is 0.287. The Hall–Kier alpha value is -1.85. The van der Waals surface area contributed by atoms with Crippen molar-refractivity contribution >= 4 is 12.1 Å². The van der Waals surface area contributed by atoms with Crippen molar-refractivity contribution in [3.05, 3.63) is 24.1 Å². The molecule has 0 aliphatic rings. The summed E-state index contributed by atoms with van der Waals surface area (Å²) in [5.41, 5.74) is -0.0936. The van der Waals surface area contributed by atoms with Crippen molar-refractivity contribution < 1.29 is 23.8 Å². The molecule has 2 unspecified atom stereocenters. The fourth-order valence-corrected chi connectivity index (χ4v) is 1.70. The molecule has 0 heterocycles. The molecular weight excluding hydrogens is 277 g/mol. The Labute approximate surface area is 124 Å². The number of halogens is 1. The van der Waals surface area contributed by atoms with Crippen molar-refractivity contribution in [2.24, 2.45) is 5.92 Å². The minimum Gasteiger partial charge on any atom is -0.481 e. The number of carboxylic acids is 1. The second-order valence-corrected chi connectivity index (χ2v) is 5.97. The molecule has 0 aromatic carbocycles. The number of amides is 1.